The lowest BCUT2D eigenvalue weighted by Gasteiger charge is -2.23. The Balaban J connectivity index is 2.18. The van der Waals surface area contributed by atoms with E-state index >= 15 is 0 Å². The normalized spacial score (nSPS) is 20.2. The number of halogens is 1. The van der Waals surface area contributed by atoms with Crippen LogP contribution in [0, 0.1) is 0 Å². The molecule has 106 valence electrons. The van der Waals surface area contributed by atoms with Gasteiger partial charge in [0.25, 0.3) is 0 Å². The van der Waals surface area contributed by atoms with Crippen molar-refractivity contribution in [3.05, 3.63) is 22.7 Å². The van der Waals surface area contributed by atoms with Crippen LogP contribution in [-0.4, -0.2) is 34.7 Å². The quantitative estimate of drug-likeness (QED) is 0.864. The standard InChI is InChI=1S/C12H17BrN2O3S/c1-18-12-7-10(4-5-11(12)13)19(16,17)15-9-3-2-6-14-8-9/h4-5,7,9,14-15H,2-3,6,8H2,1H3. The highest BCUT2D eigenvalue weighted by Gasteiger charge is 2.22. The topological polar surface area (TPSA) is 67.4 Å². The van der Waals surface area contributed by atoms with Gasteiger partial charge >= 0.3 is 0 Å². The van der Waals surface area contributed by atoms with Crippen molar-refractivity contribution in [2.45, 2.75) is 23.8 Å². The number of rotatable bonds is 4. The molecule has 0 bridgehead atoms. The molecule has 1 heterocycles. The van der Waals surface area contributed by atoms with Gasteiger partial charge in [0.15, 0.2) is 0 Å². The summed E-state index contributed by atoms with van der Waals surface area (Å²) >= 11 is 3.31. The summed E-state index contributed by atoms with van der Waals surface area (Å²) in [6, 6.07) is 4.70. The van der Waals surface area contributed by atoms with Crippen molar-refractivity contribution in [1.29, 1.82) is 0 Å². The summed E-state index contributed by atoms with van der Waals surface area (Å²) in [5.41, 5.74) is 0. The van der Waals surface area contributed by atoms with Gasteiger partial charge in [0, 0.05) is 18.7 Å². The molecule has 1 aromatic carbocycles. The highest BCUT2D eigenvalue weighted by Crippen LogP contribution is 2.27. The fourth-order valence-corrected chi connectivity index (χ4v) is 3.74. The van der Waals surface area contributed by atoms with Crippen molar-refractivity contribution >= 4 is 26.0 Å². The molecule has 1 atom stereocenters. The van der Waals surface area contributed by atoms with E-state index in [1.807, 2.05) is 0 Å². The first-order chi connectivity index (χ1) is 9.03. The van der Waals surface area contributed by atoms with E-state index in [0.717, 1.165) is 23.9 Å². The molecule has 1 saturated heterocycles. The minimum Gasteiger partial charge on any atom is -0.496 e. The SMILES string of the molecule is COc1cc(S(=O)(=O)NC2CCCNC2)ccc1Br. The van der Waals surface area contributed by atoms with E-state index in [9.17, 15) is 8.42 Å². The lowest BCUT2D eigenvalue weighted by Crippen LogP contribution is -2.45. The van der Waals surface area contributed by atoms with Gasteiger partial charge in [-0.15, -0.1) is 0 Å². The summed E-state index contributed by atoms with van der Waals surface area (Å²) in [5.74, 6) is 0.504. The third kappa shape index (κ3) is 3.68. The van der Waals surface area contributed by atoms with E-state index in [1.165, 1.54) is 13.2 Å². The second kappa shape index (κ2) is 6.21. The first-order valence-electron chi connectivity index (χ1n) is 6.09. The van der Waals surface area contributed by atoms with E-state index < -0.39 is 10.0 Å². The van der Waals surface area contributed by atoms with Gasteiger partial charge in [0.1, 0.15) is 5.75 Å². The van der Waals surface area contributed by atoms with Crippen LogP contribution in [0.3, 0.4) is 0 Å². The maximum absolute atomic E-state index is 12.3. The molecule has 0 aliphatic carbocycles. The Bertz CT molecular complexity index is 542. The third-order valence-corrected chi connectivity index (χ3v) is 5.22. The lowest BCUT2D eigenvalue weighted by atomic mass is 10.1. The Morgan fingerprint density at radius 1 is 1.47 bits per heavy atom. The number of hydrogen-bond donors (Lipinski definition) is 2. The van der Waals surface area contributed by atoms with Crippen molar-refractivity contribution in [3.63, 3.8) is 0 Å². The molecule has 2 N–H and O–H groups in total. The summed E-state index contributed by atoms with van der Waals surface area (Å²) in [4.78, 5) is 0.220. The van der Waals surface area contributed by atoms with E-state index in [0.29, 0.717) is 12.3 Å². The van der Waals surface area contributed by atoms with Gasteiger partial charge in [-0.25, -0.2) is 13.1 Å². The minimum absolute atomic E-state index is 0.0478. The van der Waals surface area contributed by atoms with Gasteiger partial charge in [0.2, 0.25) is 10.0 Å². The average molecular weight is 349 g/mol. The zero-order valence-corrected chi connectivity index (χ0v) is 13.1. The first kappa shape index (κ1) is 14.8. The molecule has 0 saturated carbocycles. The molecule has 19 heavy (non-hydrogen) atoms. The first-order valence-corrected chi connectivity index (χ1v) is 8.37. The van der Waals surface area contributed by atoms with Gasteiger partial charge in [-0.3, -0.25) is 0 Å². The predicted octanol–water partition coefficient (Wildman–Crippen LogP) is 1.49. The van der Waals surface area contributed by atoms with Crippen LogP contribution < -0.4 is 14.8 Å². The summed E-state index contributed by atoms with van der Waals surface area (Å²) < 4.78 is 33.1. The van der Waals surface area contributed by atoms with Crippen molar-refractivity contribution in [2.24, 2.45) is 0 Å². The summed E-state index contributed by atoms with van der Waals surface area (Å²) in [5, 5.41) is 3.18. The second-order valence-corrected chi connectivity index (χ2v) is 7.03. The van der Waals surface area contributed by atoms with Gasteiger partial charge in [0.05, 0.1) is 16.5 Å². The second-order valence-electron chi connectivity index (χ2n) is 4.46. The molecular weight excluding hydrogens is 332 g/mol. The van der Waals surface area contributed by atoms with Crippen LogP contribution in [-0.2, 0) is 10.0 Å². The lowest BCUT2D eigenvalue weighted by molar-refractivity contribution is 0.410. The Labute approximate surface area is 121 Å². The molecule has 1 fully saturated rings. The van der Waals surface area contributed by atoms with Crippen molar-refractivity contribution in [2.75, 3.05) is 20.2 Å². The van der Waals surface area contributed by atoms with Crippen LogP contribution in [0.2, 0.25) is 0 Å². The molecule has 1 unspecified atom stereocenters. The molecule has 0 amide bonds. The Morgan fingerprint density at radius 2 is 2.26 bits per heavy atom. The fraction of sp³-hybridized carbons (Fsp3) is 0.500. The highest BCUT2D eigenvalue weighted by molar-refractivity contribution is 9.10. The van der Waals surface area contributed by atoms with Gasteiger partial charge < -0.3 is 10.1 Å². The van der Waals surface area contributed by atoms with E-state index in [1.54, 1.807) is 12.1 Å². The van der Waals surface area contributed by atoms with Crippen molar-refractivity contribution in [1.82, 2.24) is 10.0 Å². The molecule has 0 radical (unpaired) electrons. The van der Waals surface area contributed by atoms with E-state index in [-0.39, 0.29) is 10.9 Å². The molecule has 0 spiro atoms. The Kier molecular flexibility index (Phi) is 4.83. The minimum atomic E-state index is -3.50. The van der Waals surface area contributed by atoms with Crippen LogP contribution in [0.15, 0.2) is 27.6 Å². The average Bonchev–Trinajstić information content (AvgIpc) is 2.39. The van der Waals surface area contributed by atoms with Gasteiger partial charge in [-0.05, 0) is 47.4 Å². The molecule has 0 aromatic heterocycles. The number of ether oxygens (including phenoxy) is 1. The largest absolute Gasteiger partial charge is 0.496 e. The molecule has 1 aliphatic rings. The number of piperidine rings is 1. The van der Waals surface area contributed by atoms with Crippen molar-refractivity contribution in [3.8, 4) is 5.75 Å². The van der Waals surface area contributed by atoms with E-state index in [2.05, 4.69) is 26.0 Å². The fourth-order valence-electron chi connectivity index (χ4n) is 2.05. The molecule has 5 nitrogen and oxygen atoms in total. The molecule has 7 heteroatoms. The van der Waals surface area contributed by atoms with Crippen LogP contribution in [0.1, 0.15) is 12.8 Å². The van der Waals surface area contributed by atoms with Crippen LogP contribution in [0.5, 0.6) is 5.75 Å². The molecule has 1 aromatic rings. The predicted molar refractivity (Wildman–Crippen MR) is 76.9 cm³/mol. The number of methoxy groups -OCH3 is 1. The smallest absolute Gasteiger partial charge is 0.240 e. The summed E-state index contributed by atoms with van der Waals surface area (Å²) in [6.45, 7) is 1.62. The maximum atomic E-state index is 12.3. The number of sulfonamides is 1. The Morgan fingerprint density at radius 3 is 2.89 bits per heavy atom. The van der Waals surface area contributed by atoms with Crippen LogP contribution >= 0.6 is 15.9 Å². The maximum Gasteiger partial charge on any atom is 0.240 e. The third-order valence-electron chi connectivity index (χ3n) is 3.05. The zero-order valence-electron chi connectivity index (χ0n) is 10.6. The van der Waals surface area contributed by atoms with E-state index in [4.69, 9.17) is 4.74 Å². The van der Waals surface area contributed by atoms with Crippen LogP contribution in [0.25, 0.3) is 0 Å². The Hall–Kier alpha value is -0.630. The molecule has 1 aliphatic heterocycles. The zero-order chi connectivity index (χ0) is 13.9. The monoisotopic (exact) mass is 348 g/mol. The highest BCUT2D eigenvalue weighted by atomic mass is 79.9. The molecular formula is C12H17BrN2O3S. The number of benzene rings is 1. The summed E-state index contributed by atoms with van der Waals surface area (Å²) in [6.07, 6.45) is 1.84. The van der Waals surface area contributed by atoms with Crippen LogP contribution in [0.4, 0.5) is 0 Å². The van der Waals surface area contributed by atoms with Gasteiger partial charge in [-0.2, -0.15) is 0 Å². The summed E-state index contributed by atoms with van der Waals surface area (Å²) in [7, 11) is -1.99. The van der Waals surface area contributed by atoms with Crippen molar-refractivity contribution < 1.29 is 13.2 Å². The number of nitrogens with one attached hydrogen (secondary N) is 2. The van der Waals surface area contributed by atoms with Gasteiger partial charge in [-0.1, -0.05) is 0 Å². The molecule has 2 rings (SSSR count). The number of hydrogen-bond acceptors (Lipinski definition) is 4.